The van der Waals surface area contributed by atoms with Gasteiger partial charge in [0.1, 0.15) is 0 Å². The molecule has 0 saturated carbocycles. The van der Waals surface area contributed by atoms with E-state index >= 15 is 0 Å². The Hall–Kier alpha value is -8.46. The summed E-state index contributed by atoms with van der Waals surface area (Å²) in [6, 6.07) is 91.6. The van der Waals surface area contributed by atoms with Gasteiger partial charge in [-0.25, -0.2) is 0 Å². The molecule has 0 radical (unpaired) electrons. The van der Waals surface area contributed by atoms with Gasteiger partial charge >= 0.3 is 0 Å². The summed E-state index contributed by atoms with van der Waals surface area (Å²) in [7, 11) is -2.52. The summed E-state index contributed by atoms with van der Waals surface area (Å²) in [5.41, 5.74) is 14.0. The highest BCUT2D eigenvalue weighted by molar-refractivity contribution is 8.40. The Kier molecular flexibility index (Phi) is 8.76. The van der Waals surface area contributed by atoms with Gasteiger partial charge in [-0.05, 0) is 121 Å². The number of benzene rings is 11. The molecule has 7 heteroatoms. The van der Waals surface area contributed by atoms with E-state index in [2.05, 4.69) is 267 Å². The van der Waals surface area contributed by atoms with E-state index in [0.717, 1.165) is 22.7 Å². The first-order valence-corrected chi connectivity index (χ1v) is 28.4. The smallest absolute Gasteiger partial charge is 0.0562 e. The van der Waals surface area contributed by atoms with E-state index in [9.17, 15) is 0 Å². The predicted octanol–water partition coefficient (Wildman–Crippen LogP) is 17.4. The number of thiol groups is 1. The maximum Gasteiger partial charge on any atom is 0.0562 e. The Morgan fingerprint density at radius 1 is 0.260 bits per heavy atom. The van der Waals surface area contributed by atoms with Gasteiger partial charge in [-0.2, -0.15) is 0 Å². The van der Waals surface area contributed by atoms with Crippen molar-refractivity contribution < 1.29 is 0 Å². The van der Waals surface area contributed by atoms with E-state index in [1.54, 1.807) is 0 Å². The third kappa shape index (κ3) is 5.81. The van der Waals surface area contributed by atoms with E-state index < -0.39 is 8.59 Å². The number of aromatic nitrogens is 4. The number of nitrogens with zero attached hydrogens (tertiary/aromatic N) is 4. The quantitative estimate of drug-likeness (QED) is 0.173. The lowest BCUT2D eigenvalue weighted by molar-refractivity contribution is 1.07. The van der Waals surface area contributed by atoms with E-state index in [1.165, 1.54) is 112 Å². The molecule has 0 saturated heterocycles. The molecule has 0 N–H and O–H groups in total. The lowest BCUT2D eigenvalue weighted by Crippen LogP contribution is -2.18. The number of rotatable bonds is 5. The van der Waals surface area contributed by atoms with Gasteiger partial charge < -0.3 is 18.3 Å². The monoisotopic (exact) mass is 986 g/mol. The van der Waals surface area contributed by atoms with Crippen LogP contribution in [0, 0.1) is 0 Å². The minimum atomic E-state index is -2.52. The van der Waals surface area contributed by atoms with Crippen LogP contribution >= 0.6 is 11.8 Å². The SMILES string of the molecule is S=[SH]1(c2ccccc2)c2ccc(-n3c4ccccc4c4cc5c6ccccc6n(-c6ccccc6)c5cc43)cc2Sc2cc(-n3c4ccccc4c4cc5c6ccccc6n(-c6ccccc6)c5cc43)ccc21. The molecule has 0 aliphatic carbocycles. The van der Waals surface area contributed by atoms with Crippen molar-refractivity contribution in [1.29, 1.82) is 0 Å². The van der Waals surface area contributed by atoms with Crippen LogP contribution in [0.2, 0.25) is 0 Å². The van der Waals surface area contributed by atoms with Gasteiger partial charge in [0.05, 0.1) is 44.1 Å². The highest BCUT2D eigenvalue weighted by Crippen LogP contribution is 2.53. The van der Waals surface area contributed by atoms with Crippen molar-refractivity contribution in [2.24, 2.45) is 0 Å². The lowest BCUT2D eigenvalue weighted by atomic mass is 10.1. The van der Waals surface area contributed by atoms with Crippen LogP contribution in [0.4, 0.5) is 0 Å². The molecule has 1 aliphatic heterocycles. The minimum Gasteiger partial charge on any atom is -0.309 e. The molecule has 4 aromatic heterocycles. The highest BCUT2D eigenvalue weighted by Gasteiger charge is 2.32. The van der Waals surface area contributed by atoms with E-state index in [4.69, 9.17) is 11.2 Å². The largest absolute Gasteiger partial charge is 0.309 e. The summed E-state index contributed by atoms with van der Waals surface area (Å²) >= 11 is 9.05. The summed E-state index contributed by atoms with van der Waals surface area (Å²) in [5.74, 6) is 0. The predicted molar refractivity (Wildman–Crippen MR) is 312 cm³/mol. The number of hydrogen-bond donors (Lipinski definition) is 1. The Labute approximate surface area is 430 Å². The van der Waals surface area contributed by atoms with Crippen molar-refractivity contribution in [2.75, 3.05) is 0 Å². The molecular formula is C66H42N4S3. The molecule has 1 aliphatic rings. The molecular weight excluding hydrogens is 945 g/mol. The van der Waals surface area contributed by atoms with Gasteiger partial charge in [-0.3, -0.25) is 0 Å². The third-order valence-electron chi connectivity index (χ3n) is 15.4. The fourth-order valence-electron chi connectivity index (χ4n) is 12.3. The molecule has 11 aromatic carbocycles. The Morgan fingerprint density at radius 3 is 0.945 bits per heavy atom. The first kappa shape index (κ1) is 41.2. The number of para-hydroxylation sites is 6. The van der Waals surface area contributed by atoms with Crippen LogP contribution < -0.4 is 0 Å². The van der Waals surface area contributed by atoms with Gasteiger partial charge in [-0.1, -0.05) is 150 Å². The van der Waals surface area contributed by atoms with Crippen LogP contribution in [0.5, 0.6) is 0 Å². The van der Waals surface area contributed by atoms with Crippen LogP contribution in [-0.4, -0.2) is 18.3 Å². The Bertz CT molecular complexity index is 4560. The standard InChI is InChI=1S/C66H42N4S3/c71-73(46-22-8-3-9-23-46)65-34-32-44(69-57-30-16-12-26-49(57)53-38-51-47-24-10-14-28-55(47)67(59(51)40-61(53)69)42-18-4-1-5-19-42)36-63(65)72-64-37-45(33-35-66(64)73)70-58-31-17-13-27-50(58)54-39-52-48-25-11-15-29-56(48)68(60(52)41-62(54)70)43-20-6-2-7-21-43/h1-41,73H. The van der Waals surface area contributed by atoms with Gasteiger partial charge in [0.15, 0.2) is 0 Å². The summed E-state index contributed by atoms with van der Waals surface area (Å²) in [4.78, 5) is 6.09. The highest BCUT2D eigenvalue weighted by atomic mass is 32.9. The van der Waals surface area contributed by atoms with E-state index in [-0.39, 0.29) is 0 Å². The van der Waals surface area contributed by atoms with Crippen LogP contribution in [-0.2, 0) is 19.8 Å². The fraction of sp³-hybridized carbons (Fsp3) is 0. The molecule has 5 heterocycles. The number of fused-ring (bicyclic) bond motifs is 14. The second-order valence-electron chi connectivity index (χ2n) is 19.2. The fourth-order valence-corrected chi connectivity index (χ4v) is 18.7. The molecule has 0 amide bonds. The summed E-state index contributed by atoms with van der Waals surface area (Å²) in [5, 5.41) is 9.94. The maximum absolute atomic E-state index is 7.19. The lowest BCUT2D eigenvalue weighted by Gasteiger charge is -2.36. The Morgan fingerprint density at radius 2 is 0.575 bits per heavy atom. The van der Waals surface area contributed by atoms with Crippen molar-refractivity contribution in [3.63, 3.8) is 0 Å². The zero-order valence-electron chi connectivity index (χ0n) is 39.2. The van der Waals surface area contributed by atoms with Gasteiger partial charge in [-0.15, -0.1) is 8.59 Å². The van der Waals surface area contributed by atoms with Gasteiger partial charge in [0, 0.05) is 90.3 Å². The average Bonchev–Trinajstić information content (AvgIpc) is 4.16. The van der Waals surface area contributed by atoms with Crippen molar-refractivity contribution in [1.82, 2.24) is 18.3 Å². The number of hydrogen-bond acceptors (Lipinski definition) is 2. The second kappa shape index (κ2) is 15.5. The molecule has 16 rings (SSSR count). The molecule has 0 fully saturated rings. The van der Waals surface area contributed by atoms with E-state index in [0.29, 0.717) is 0 Å². The second-order valence-corrected chi connectivity index (χ2v) is 24.6. The summed E-state index contributed by atoms with van der Waals surface area (Å²) in [6.07, 6.45) is 0. The zero-order valence-corrected chi connectivity index (χ0v) is 41.8. The summed E-state index contributed by atoms with van der Waals surface area (Å²) in [6.45, 7) is 0. The third-order valence-corrected chi connectivity index (χ3v) is 21.8. The van der Waals surface area contributed by atoms with Crippen LogP contribution in [0.3, 0.4) is 0 Å². The molecule has 344 valence electrons. The minimum absolute atomic E-state index is 1.12. The van der Waals surface area contributed by atoms with Crippen molar-refractivity contribution in [3.8, 4) is 22.7 Å². The normalized spacial score (nSPS) is 13.8. The van der Waals surface area contributed by atoms with Crippen molar-refractivity contribution in [2.45, 2.75) is 24.5 Å². The first-order chi connectivity index (χ1) is 36.1. The molecule has 4 nitrogen and oxygen atoms in total. The molecule has 15 aromatic rings. The molecule has 0 spiro atoms. The topological polar surface area (TPSA) is 19.7 Å². The molecule has 0 bridgehead atoms. The average molecular weight is 987 g/mol. The zero-order chi connectivity index (χ0) is 47.9. The van der Waals surface area contributed by atoms with Crippen molar-refractivity contribution in [3.05, 3.63) is 249 Å². The van der Waals surface area contributed by atoms with Gasteiger partial charge in [0.2, 0.25) is 0 Å². The van der Waals surface area contributed by atoms with Crippen LogP contribution in [0.1, 0.15) is 0 Å². The summed E-state index contributed by atoms with van der Waals surface area (Å²) < 4.78 is 9.79. The van der Waals surface area contributed by atoms with Gasteiger partial charge in [0.25, 0.3) is 0 Å². The molecule has 0 atom stereocenters. The molecule has 0 unspecified atom stereocenters. The maximum atomic E-state index is 7.19. The van der Waals surface area contributed by atoms with E-state index in [1.807, 2.05) is 11.8 Å². The first-order valence-electron chi connectivity index (χ1n) is 24.8. The Balaban J connectivity index is 0.918. The van der Waals surface area contributed by atoms with Crippen LogP contribution in [0.15, 0.2) is 273 Å². The van der Waals surface area contributed by atoms with Crippen LogP contribution in [0.25, 0.3) is 110 Å². The molecule has 73 heavy (non-hydrogen) atoms. The van der Waals surface area contributed by atoms with Crippen molar-refractivity contribution >= 4 is 119 Å².